The molecule has 1 aliphatic carbocycles. The molecule has 1 N–H and O–H groups in total. The Morgan fingerprint density at radius 3 is 2.52 bits per heavy atom. The smallest absolute Gasteiger partial charge is 0.313 e. The summed E-state index contributed by atoms with van der Waals surface area (Å²) in [4.78, 5) is 29.8. The van der Waals surface area contributed by atoms with Gasteiger partial charge in [0.15, 0.2) is 10.7 Å². The van der Waals surface area contributed by atoms with Crippen molar-refractivity contribution >= 4 is 28.3 Å². The number of nitrogens with zero attached hydrogens (tertiary/aromatic N) is 1. The first-order chi connectivity index (χ1) is 11.8. The number of esters is 1. The van der Waals surface area contributed by atoms with E-state index in [2.05, 4.69) is 10.3 Å². The average molecular weight is 356 g/mol. The van der Waals surface area contributed by atoms with E-state index < -0.39 is 16.4 Å². The Bertz CT molecular complexity index is 861. The summed E-state index contributed by atoms with van der Waals surface area (Å²) in [5.41, 5.74) is -0.462. The molecule has 1 amide bonds. The van der Waals surface area contributed by atoms with E-state index in [0.717, 1.165) is 11.3 Å². The second-order valence-corrected chi connectivity index (χ2v) is 8.39. The van der Waals surface area contributed by atoms with Crippen LogP contribution in [-0.2, 0) is 14.3 Å². The summed E-state index contributed by atoms with van der Waals surface area (Å²) < 4.78 is 5.62. The quantitative estimate of drug-likeness (QED) is 0.848. The third kappa shape index (κ3) is 2.03. The van der Waals surface area contributed by atoms with Gasteiger partial charge in [0.25, 0.3) is 5.91 Å². The largest absolute Gasteiger partial charge is 0.448 e. The van der Waals surface area contributed by atoms with Gasteiger partial charge in [0, 0.05) is 16.4 Å². The highest BCUT2D eigenvalue weighted by Crippen LogP contribution is 2.65. The molecule has 130 valence electrons. The van der Waals surface area contributed by atoms with E-state index >= 15 is 0 Å². The van der Waals surface area contributed by atoms with Gasteiger partial charge in [0.05, 0.1) is 11.1 Å². The molecule has 2 unspecified atom stereocenters. The molecule has 1 aromatic carbocycles. The fraction of sp³-hybridized carbons (Fsp3) is 0.421. The monoisotopic (exact) mass is 356 g/mol. The summed E-state index contributed by atoms with van der Waals surface area (Å²) in [5, 5.41) is 5.31. The van der Waals surface area contributed by atoms with E-state index in [1.54, 1.807) is 0 Å². The fourth-order valence-corrected chi connectivity index (χ4v) is 4.73. The Labute approximate surface area is 150 Å². The molecule has 2 atom stereocenters. The van der Waals surface area contributed by atoms with Crippen LogP contribution in [0.5, 0.6) is 0 Å². The number of nitrogens with one attached hydrogen (secondary N) is 1. The maximum atomic E-state index is 13.0. The number of benzene rings is 1. The van der Waals surface area contributed by atoms with Crippen molar-refractivity contribution in [1.29, 1.82) is 0 Å². The number of anilines is 1. The van der Waals surface area contributed by atoms with Crippen LogP contribution in [0.1, 0.15) is 33.6 Å². The van der Waals surface area contributed by atoms with Gasteiger partial charge in [-0.15, -0.1) is 11.3 Å². The van der Waals surface area contributed by atoms with Gasteiger partial charge in [-0.25, -0.2) is 4.98 Å². The van der Waals surface area contributed by atoms with E-state index in [0.29, 0.717) is 18.0 Å². The molecule has 6 heteroatoms. The SMILES string of the molecule is CC12CCC(C(=O)Nc3nc(-c4ccccc4)cs3)(OC1=O)C2(C)C. The number of carbonyl (C=O) groups is 2. The van der Waals surface area contributed by atoms with Crippen molar-refractivity contribution in [2.45, 2.75) is 39.2 Å². The van der Waals surface area contributed by atoms with Crippen molar-refractivity contribution in [1.82, 2.24) is 4.98 Å². The third-order valence-corrected chi connectivity index (χ3v) is 7.00. The summed E-state index contributed by atoms with van der Waals surface area (Å²) >= 11 is 1.37. The lowest BCUT2D eigenvalue weighted by Gasteiger charge is -2.35. The minimum Gasteiger partial charge on any atom is -0.448 e. The van der Waals surface area contributed by atoms with Crippen LogP contribution in [0.15, 0.2) is 35.7 Å². The lowest BCUT2D eigenvalue weighted by Crippen LogP contribution is -2.50. The number of thiazole rings is 1. The Kier molecular flexibility index (Phi) is 3.35. The van der Waals surface area contributed by atoms with Crippen LogP contribution in [-0.4, -0.2) is 22.5 Å². The minimum absolute atomic E-state index is 0.275. The molecule has 1 saturated heterocycles. The summed E-state index contributed by atoms with van der Waals surface area (Å²) in [7, 11) is 0. The van der Waals surface area contributed by atoms with Gasteiger partial charge in [-0.1, -0.05) is 44.2 Å². The van der Waals surface area contributed by atoms with Crippen molar-refractivity contribution in [3.05, 3.63) is 35.7 Å². The Hall–Kier alpha value is -2.21. The van der Waals surface area contributed by atoms with E-state index in [1.165, 1.54) is 11.3 Å². The first-order valence-corrected chi connectivity index (χ1v) is 9.24. The zero-order valence-electron chi connectivity index (χ0n) is 14.5. The summed E-state index contributed by atoms with van der Waals surface area (Å²) in [6.45, 7) is 5.79. The van der Waals surface area contributed by atoms with Crippen LogP contribution in [0.25, 0.3) is 11.3 Å². The van der Waals surface area contributed by atoms with Crippen LogP contribution in [0.2, 0.25) is 0 Å². The lowest BCUT2D eigenvalue weighted by atomic mass is 9.66. The standard InChI is InChI=1S/C19H20N2O3S/c1-17(2)18(3)9-10-19(17,24-15(18)23)14(22)21-16-20-13(11-25-16)12-7-5-4-6-8-12/h4-8,11H,9-10H2,1-3H3,(H,20,21,22). The van der Waals surface area contributed by atoms with E-state index in [4.69, 9.17) is 4.74 Å². The van der Waals surface area contributed by atoms with Crippen LogP contribution >= 0.6 is 11.3 Å². The van der Waals surface area contributed by atoms with Crippen LogP contribution in [0.4, 0.5) is 5.13 Å². The number of fused-ring (bicyclic) bond motifs is 2. The average Bonchev–Trinajstić information content (AvgIpc) is 3.17. The van der Waals surface area contributed by atoms with Crippen molar-refractivity contribution in [2.24, 2.45) is 10.8 Å². The van der Waals surface area contributed by atoms with Crippen molar-refractivity contribution in [3.8, 4) is 11.3 Å². The van der Waals surface area contributed by atoms with Gasteiger partial charge in [-0.2, -0.15) is 0 Å². The molecule has 2 heterocycles. The summed E-state index contributed by atoms with van der Waals surface area (Å²) in [5.74, 6) is -0.552. The van der Waals surface area contributed by atoms with Gasteiger partial charge in [-0.3, -0.25) is 14.9 Å². The highest BCUT2D eigenvalue weighted by Gasteiger charge is 2.75. The first kappa shape index (κ1) is 16.3. The predicted molar refractivity (Wildman–Crippen MR) is 96.1 cm³/mol. The Balaban J connectivity index is 1.60. The van der Waals surface area contributed by atoms with Gasteiger partial charge < -0.3 is 4.74 Å². The maximum Gasteiger partial charge on any atom is 0.313 e. The highest BCUT2D eigenvalue weighted by atomic mass is 32.1. The van der Waals surface area contributed by atoms with Gasteiger partial charge >= 0.3 is 5.97 Å². The van der Waals surface area contributed by atoms with Crippen LogP contribution < -0.4 is 5.32 Å². The number of rotatable bonds is 3. The lowest BCUT2D eigenvalue weighted by molar-refractivity contribution is -0.165. The van der Waals surface area contributed by atoms with E-state index in [1.807, 2.05) is 56.5 Å². The molecule has 1 saturated carbocycles. The number of aromatic nitrogens is 1. The zero-order valence-corrected chi connectivity index (χ0v) is 15.3. The molecular formula is C19H20N2O3S. The predicted octanol–water partition coefficient (Wildman–Crippen LogP) is 3.87. The van der Waals surface area contributed by atoms with Crippen LogP contribution in [0, 0.1) is 10.8 Å². The normalized spacial score (nSPS) is 29.5. The molecule has 5 nitrogen and oxygen atoms in total. The third-order valence-electron chi connectivity index (χ3n) is 6.24. The molecule has 4 rings (SSSR count). The minimum atomic E-state index is -1.11. The summed E-state index contributed by atoms with van der Waals surface area (Å²) in [6.07, 6.45) is 1.21. The zero-order chi connectivity index (χ0) is 17.9. The molecule has 2 aliphatic rings. The number of hydrogen-bond donors (Lipinski definition) is 1. The number of ether oxygens (including phenoxy) is 1. The first-order valence-electron chi connectivity index (χ1n) is 8.36. The highest BCUT2D eigenvalue weighted by molar-refractivity contribution is 7.14. The number of hydrogen-bond acceptors (Lipinski definition) is 5. The second-order valence-electron chi connectivity index (χ2n) is 7.53. The number of carbonyl (C=O) groups excluding carboxylic acids is 2. The molecular weight excluding hydrogens is 336 g/mol. The Morgan fingerprint density at radius 2 is 1.92 bits per heavy atom. The molecule has 0 radical (unpaired) electrons. The number of amides is 1. The Morgan fingerprint density at radius 1 is 1.20 bits per heavy atom. The molecule has 2 bridgehead atoms. The molecule has 0 spiro atoms. The molecule has 1 aliphatic heterocycles. The van der Waals surface area contributed by atoms with E-state index in [9.17, 15) is 9.59 Å². The summed E-state index contributed by atoms with van der Waals surface area (Å²) in [6, 6.07) is 9.80. The molecule has 1 aromatic heterocycles. The molecule has 2 fully saturated rings. The van der Waals surface area contributed by atoms with Gasteiger partial charge in [0.2, 0.25) is 0 Å². The van der Waals surface area contributed by atoms with Gasteiger partial charge in [-0.05, 0) is 19.8 Å². The maximum absolute atomic E-state index is 13.0. The fourth-order valence-electron chi connectivity index (χ4n) is 4.02. The molecule has 2 aromatic rings. The van der Waals surface area contributed by atoms with Gasteiger partial charge in [0.1, 0.15) is 0 Å². The molecule has 25 heavy (non-hydrogen) atoms. The van der Waals surface area contributed by atoms with Crippen LogP contribution in [0.3, 0.4) is 0 Å². The van der Waals surface area contributed by atoms with Crippen molar-refractivity contribution in [2.75, 3.05) is 5.32 Å². The topological polar surface area (TPSA) is 68.3 Å². The van der Waals surface area contributed by atoms with E-state index in [-0.39, 0.29) is 11.9 Å². The van der Waals surface area contributed by atoms with Crippen molar-refractivity contribution < 1.29 is 14.3 Å². The second kappa shape index (κ2) is 5.14. The van der Waals surface area contributed by atoms with Crippen molar-refractivity contribution in [3.63, 3.8) is 0 Å².